The zero-order valence-corrected chi connectivity index (χ0v) is 11.9. The quantitative estimate of drug-likeness (QED) is 0.685. The van der Waals surface area contributed by atoms with Crippen molar-refractivity contribution in [1.82, 2.24) is 9.55 Å². The Morgan fingerprint density at radius 1 is 1.05 bits per heavy atom. The summed E-state index contributed by atoms with van der Waals surface area (Å²) < 4.78 is 2.95. The Balaban J connectivity index is 2.12. The van der Waals surface area contributed by atoms with Crippen molar-refractivity contribution in [3.63, 3.8) is 0 Å². The van der Waals surface area contributed by atoms with Crippen LogP contribution in [0.25, 0.3) is 11.0 Å². The van der Waals surface area contributed by atoms with Gasteiger partial charge in [0.15, 0.2) is 4.77 Å². The van der Waals surface area contributed by atoms with Crippen molar-refractivity contribution >= 4 is 23.3 Å². The summed E-state index contributed by atoms with van der Waals surface area (Å²) in [7, 11) is 0. The van der Waals surface area contributed by atoms with E-state index < -0.39 is 0 Å². The van der Waals surface area contributed by atoms with Crippen LogP contribution in [0.15, 0.2) is 42.5 Å². The summed E-state index contributed by atoms with van der Waals surface area (Å²) in [5.41, 5.74) is 6.11. The van der Waals surface area contributed by atoms with Gasteiger partial charge in [-0.25, -0.2) is 0 Å². The maximum atomic E-state index is 5.44. The van der Waals surface area contributed by atoms with Crippen LogP contribution in [-0.4, -0.2) is 9.55 Å². The number of nitrogens with zero attached hydrogens (tertiary/aromatic N) is 1. The van der Waals surface area contributed by atoms with Gasteiger partial charge in [0.05, 0.1) is 17.6 Å². The summed E-state index contributed by atoms with van der Waals surface area (Å²) in [5, 5.41) is 0. The van der Waals surface area contributed by atoms with Crippen LogP contribution in [0.1, 0.15) is 16.7 Å². The van der Waals surface area contributed by atoms with Crippen molar-refractivity contribution in [2.75, 3.05) is 0 Å². The predicted octanol–water partition coefficient (Wildman–Crippen LogP) is 4.36. The van der Waals surface area contributed by atoms with Crippen molar-refractivity contribution in [3.8, 4) is 0 Å². The van der Waals surface area contributed by atoms with Crippen LogP contribution in [0.5, 0.6) is 0 Å². The summed E-state index contributed by atoms with van der Waals surface area (Å²) >= 11 is 5.44. The molecular weight excluding hydrogens is 252 g/mol. The lowest BCUT2D eigenvalue weighted by Crippen LogP contribution is -2.00. The van der Waals surface area contributed by atoms with Gasteiger partial charge in [0.1, 0.15) is 0 Å². The monoisotopic (exact) mass is 268 g/mol. The second-order valence-electron chi connectivity index (χ2n) is 4.97. The molecule has 0 atom stereocenters. The van der Waals surface area contributed by atoms with Gasteiger partial charge >= 0.3 is 0 Å². The van der Waals surface area contributed by atoms with E-state index in [0.29, 0.717) is 0 Å². The number of imidazole rings is 1. The molecule has 0 saturated carbocycles. The van der Waals surface area contributed by atoms with E-state index in [4.69, 9.17) is 12.2 Å². The Morgan fingerprint density at radius 2 is 1.79 bits per heavy atom. The Bertz CT molecular complexity index is 779. The second kappa shape index (κ2) is 4.67. The number of H-pyrrole nitrogens is 1. The molecule has 0 aliphatic carbocycles. The van der Waals surface area contributed by atoms with Gasteiger partial charge in [0, 0.05) is 0 Å². The zero-order valence-electron chi connectivity index (χ0n) is 11.1. The molecule has 3 rings (SSSR count). The highest BCUT2D eigenvalue weighted by molar-refractivity contribution is 7.71. The summed E-state index contributed by atoms with van der Waals surface area (Å²) in [4.78, 5) is 3.28. The fourth-order valence-corrected chi connectivity index (χ4v) is 2.70. The smallest absolute Gasteiger partial charge is 0.178 e. The van der Waals surface area contributed by atoms with Crippen LogP contribution in [0, 0.1) is 18.6 Å². The molecule has 2 nitrogen and oxygen atoms in total. The molecule has 0 saturated heterocycles. The molecule has 0 aliphatic heterocycles. The average Bonchev–Trinajstić information content (AvgIpc) is 2.70. The Morgan fingerprint density at radius 3 is 2.53 bits per heavy atom. The van der Waals surface area contributed by atoms with Crippen molar-refractivity contribution in [1.29, 1.82) is 0 Å². The largest absolute Gasteiger partial charge is 0.331 e. The highest BCUT2D eigenvalue weighted by atomic mass is 32.1. The maximum absolute atomic E-state index is 5.44. The molecule has 0 radical (unpaired) electrons. The Kier molecular flexibility index (Phi) is 2.99. The van der Waals surface area contributed by atoms with Gasteiger partial charge in [-0.3, -0.25) is 0 Å². The van der Waals surface area contributed by atoms with E-state index in [1.54, 1.807) is 0 Å². The third kappa shape index (κ3) is 2.22. The maximum Gasteiger partial charge on any atom is 0.178 e. The molecule has 0 amide bonds. The molecule has 0 unspecified atom stereocenters. The van der Waals surface area contributed by atoms with Crippen molar-refractivity contribution < 1.29 is 0 Å². The number of aryl methyl sites for hydroxylation is 2. The van der Waals surface area contributed by atoms with Gasteiger partial charge in [-0.05, 0) is 43.3 Å². The average molecular weight is 268 g/mol. The van der Waals surface area contributed by atoms with E-state index in [0.717, 1.165) is 16.8 Å². The summed E-state index contributed by atoms with van der Waals surface area (Å²) in [5.74, 6) is 0. The van der Waals surface area contributed by atoms with Crippen LogP contribution < -0.4 is 0 Å². The molecule has 1 aromatic heterocycles. The minimum Gasteiger partial charge on any atom is -0.331 e. The number of fused-ring (bicyclic) bond motifs is 1. The van der Waals surface area contributed by atoms with Crippen LogP contribution in [0.3, 0.4) is 0 Å². The lowest BCUT2D eigenvalue weighted by atomic mass is 10.1. The normalized spacial score (nSPS) is 11.1. The van der Waals surface area contributed by atoms with Gasteiger partial charge in [-0.15, -0.1) is 0 Å². The highest BCUT2D eigenvalue weighted by Crippen LogP contribution is 2.19. The van der Waals surface area contributed by atoms with Gasteiger partial charge in [0.2, 0.25) is 0 Å². The summed E-state index contributed by atoms with van der Waals surface area (Å²) in [6.07, 6.45) is 0. The first-order chi connectivity index (χ1) is 9.15. The molecule has 19 heavy (non-hydrogen) atoms. The number of hydrogen-bond acceptors (Lipinski definition) is 1. The summed E-state index contributed by atoms with van der Waals surface area (Å²) in [6.45, 7) is 5.03. The van der Waals surface area contributed by atoms with Gasteiger partial charge < -0.3 is 9.55 Å². The third-order valence-corrected chi connectivity index (χ3v) is 3.78. The van der Waals surface area contributed by atoms with E-state index in [9.17, 15) is 0 Å². The molecule has 2 aromatic carbocycles. The SMILES string of the molecule is Cc1ccc(Cn2c(=S)[nH]c3cccc(C)c32)cc1. The predicted molar refractivity (Wildman–Crippen MR) is 82.1 cm³/mol. The van der Waals surface area contributed by atoms with Crippen molar-refractivity contribution in [3.05, 3.63) is 63.9 Å². The van der Waals surface area contributed by atoms with E-state index in [-0.39, 0.29) is 0 Å². The van der Waals surface area contributed by atoms with Crippen LogP contribution in [0.4, 0.5) is 0 Å². The van der Waals surface area contributed by atoms with Crippen LogP contribution in [-0.2, 0) is 6.54 Å². The Labute approximate surface area is 117 Å². The third-order valence-electron chi connectivity index (χ3n) is 3.46. The van der Waals surface area contributed by atoms with Gasteiger partial charge in [-0.1, -0.05) is 42.0 Å². The molecule has 1 N–H and O–H groups in total. The number of hydrogen-bond donors (Lipinski definition) is 1. The first-order valence-electron chi connectivity index (χ1n) is 6.39. The fourth-order valence-electron chi connectivity index (χ4n) is 2.43. The number of aromatic amines is 1. The molecule has 3 heteroatoms. The van der Waals surface area contributed by atoms with E-state index in [1.807, 2.05) is 0 Å². The first kappa shape index (κ1) is 12.2. The molecule has 0 spiro atoms. The first-order valence-corrected chi connectivity index (χ1v) is 6.79. The van der Waals surface area contributed by atoms with Crippen LogP contribution >= 0.6 is 12.2 Å². The number of nitrogens with one attached hydrogen (secondary N) is 1. The van der Waals surface area contributed by atoms with E-state index in [2.05, 4.69) is 65.9 Å². The molecule has 0 fully saturated rings. The number of rotatable bonds is 2. The van der Waals surface area contributed by atoms with Crippen molar-refractivity contribution in [2.45, 2.75) is 20.4 Å². The molecule has 0 bridgehead atoms. The zero-order chi connectivity index (χ0) is 13.4. The van der Waals surface area contributed by atoms with Crippen LogP contribution in [0.2, 0.25) is 0 Å². The molecule has 96 valence electrons. The number of para-hydroxylation sites is 1. The molecular formula is C16H16N2S. The van der Waals surface area contributed by atoms with Gasteiger partial charge in [0.25, 0.3) is 0 Å². The molecule has 1 heterocycles. The fraction of sp³-hybridized carbons (Fsp3) is 0.188. The summed E-state index contributed by atoms with van der Waals surface area (Å²) in [6, 6.07) is 14.9. The minimum absolute atomic E-state index is 0.782. The highest BCUT2D eigenvalue weighted by Gasteiger charge is 2.07. The van der Waals surface area contributed by atoms with E-state index in [1.165, 1.54) is 22.2 Å². The number of aromatic nitrogens is 2. The molecule has 3 aromatic rings. The topological polar surface area (TPSA) is 20.7 Å². The molecule has 0 aliphatic rings. The second-order valence-corrected chi connectivity index (χ2v) is 5.36. The lowest BCUT2D eigenvalue weighted by molar-refractivity contribution is 0.808. The minimum atomic E-state index is 0.782. The number of benzene rings is 2. The van der Waals surface area contributed by atoms with E-state index >= 15 is 0 Å². The standard InChI is InChI=1S/C16H16N2S/c1-11-6-8-13(9-7-11)10-18-15-12(2)4-3-5-14(15)17-16(18)19/h3-9H,10H2,1-2H3,(H,17,19). The van der Waals surface area contributed by atoms with Gasteiger partial charge in [-0.2, -0.15) is 0 Å². The Hall–Kier alpha value is -1.87. The van der Waals surface area contributed by atoms with Crippen molar-refractivity contribution in [2.24, 2.45) is 0 Å². The lowest BCUT2D eigenvalue weighted by Gasteiger charge is -2.07.